The Kier molecular flexibility index (Phi) is 3.73. The molecule has 0 unspecified atom stereocenters. The zero-order valence-corrected chi connectivity index (χ0v) is 10.2. The van der Waals surface area contributed by atoms with Crippen LogP contribution in [0, 0.1) is 18.3 Å². The third kappa shape index (κ3) is 3.24. The monoisotopic (exact) mass is 300 g/mol. The molecule has 0 fully saturated rings. The molecule has 98 valence electrons. The smallest absolute Gasteiger partial charge is 0.403 e. The standard InChI is InChI=1S/C8H4ClF3N2O3S/c1-4-7(18(9,15)16)5(2-13)6(3-14-4)17-8(10,11)12/h3H,1H3. The van der Waals surface area contributed by atoms with Crippen LogP contribution in [0.5, 0.6) is 5.75 Å². The van der Waals surface area contributed by atoms with E-state index in [9.17, 15) is 21.6 Å². The first kappa shape index (κ1) is 14.5. The lowest BCUT2D eigenvalue weighted by Crippen LogP contribution is -2.19. The van der Waals surface area contributed by atoms with Crippen molar-refractivity contribution >= 4 is 19.7 Å². The van der Waals surface area contributed by atoms with Gasteiger partial charge in [0.1, 0.15) is 16.5 Å². The lowest BCUT2D eigenvalue weighted by atomic mass is 10.2. The molecule has 0 aliphatic carbocycles. The van der Waals surface area contributed by atoms with Crippen LogP contribution in [0.2, 0.25) is 0 Å². The van der Waals surface area contributed by atoms with E-state index in [1.807, 2.05) is 0 Å². The number of halogens is 4. The minimum atomic E-state index is -5.07. The zero-order chi connectivity index (χ0) is 14.1. The molecule has 0 atom stereocenters. The van der Waals surface area contributed by atoms with Crippen molar-refractivity contribution in [3.05, 3.63) is 17.5 Å². The molecule has 1 rings (SSSR count). The summed E-state index contributed by atoms with van der Waals surface area (Å²) in [6.45, 7) is 1.19. The van der Waals surface area contributed by atoms with Crippen molar-refractivity contribution < 1.29 is 26.3 Å². The summed E-state index contributed by atoms with van der Waals surface area (Å²) in [7, 11) is 0.621. The molecule has 18 heavy (non-hydrogen) atoms. The summed E-state index contributed by atoms with van der Waals surface area (Å²) in [4.78, 5) is 2.60. The number of aryl methyl sites for hydroxylation is 1. The number of hydrogen-bond donors (Lipinski definition) is 0. The van der Waals surface area contributed by atoms with Gasteiger partial charge >= 0.3 is 6.36 Å². The van der Waals surface area contributed by atoms with E-state index in [1.165, 1.54) is 13.0 Å². The maximum atomic E-state index is 12.0. The molecule has 5 nitrogen and oxygen atoms in total. The van der Waals surface area contributed by atoms with E-state index in [-0.39, 0.29) is 5.69 Å². The number of ether oxygens (including phenoxy) is 1. The van der Waals surface area contributed by atoms with E-state index in [2.05, 4.69) is 9.72 Å². The molecule has 0 aliphatic rings. The Morgan fingerprint density at radius 1 is 1.50 bits per heavy atom. The third-order valence-electron chi connectivity index (χ3n) is 1.76. The Labute approximate surface area is 104 Å². The molecule has 0 N–H and O–H groups in total. The van der Waals surface area contributed by atoms with Gasteiger partial charge in [0.2, 0.25) is 0 Å². The first-order chi connectivity index (χ1) is 8.06. The van der Waals surface area contributed by atoms with Gasteiger partial charge in [-0.15, -0.1) is 13.2 Å². The SMILES string of the molecule is Cc1ncc(OC(F)(F)F)c(C#N)c1S(=O)(=O)Cl. The van der Waals surface area contributed by atoms with Crippen molar-refractivity contribution in [2.75, 3.05) is 0 Å². The molecule has 0 radical (unpaired) electrons. The van der Waals surface area contributed by atoms with Gasteiger partial charge in [-0.1, -0.05) is 0 Å². The van der Waals surface area contributed by atoms with Gasteiger partial charge in [-0.3, -0.25) is 4.98 Å². The highest BCUT2D eigenvalue weighted by molar-refractivity contribution is 8.13. The van der Waals surface area contributed by atoms with Gasteiger partial charge in [-0.25, -0.2) is 8.42 Å². The van der Waals surface area contributed by atoms with E-state index >= 15 is 0 Å². The second-order valence-corrected chi connectivity index (χ2v) is 5.51. The second-order valence-electron chi connectivity index (χ2n) is 3.01. The van der Waals surface area contributed by atoms with E-state index < -0.39 is 31.6 Å². The molecule has 10 heteroatoms. The lowest BCUT2D eigenvalue weighted by Gasteiger charge is -2.12. The fourth-order valence-corrected chi connectivity index (χ4v) is 2.54. The van der Waals surface area contributed by atoms with E-state index in [4.69, 9.17) is 15.9 Å². The molecule has 0 spiro atoms. The summed E-state index contributed by atoms with van der Waals surface area (Å²) < 4.78 is 62.0. The first-order valence-electron chi connectivity index (χ1n) is 4.16. The largest absolute Gasteiger partial charge is 0.573 e. The highest BCUT2D eigenvalue weighted by Gasteiger charge is 2.34. The predicted molar refractivity (Wildman–Crippen MR) is 53.4 cm³/mol. The maximum absolute atomic E-state index is 12.0. The summed E-state index contributed by atoms with van der Waals surface area (Å²) >= 11 is 0. The van der Waals surface area contributed by atoms with Crippen molar-refractivity contribution in [2.45, 2.75) is 18.2 Å². The predicted octanol–water partition coefficient (Wildman–Crippen LogP) is 2.09. The molecule has 0 aromatic carbocycles. The molecular weight excluding hydrogens is 297 g/mol. The van der Waals surface area contributed by atoms with Gasteiger partial charge < -0.3 is 4.74 Å². The summed E-state index contributed by atoms with van der Waals surface area (Å²) in [5.41, 5.74) is -1.04. The maximum Gasteiger partial charge on any atom is 0.573 e. The number of alkyl halides is 3. The van der Waals surface area contributed by atoms with E-state index in [0.29, 0.717) is 6.20 Å². The molecule has 1 aromatic heterocycles. The molecule has 0 saturated heterocycles. The molecule has 0 saturated carbocycles. The van der Waals surface area contributed by atoms with Gasteiger partial charge in [0.25, 0.3) is 9.05 Å². The number of aromatic nitrogens is 1. The lowest BCUT2D eigenvalue weighted by molar-refractivity contribution is -0.274. The van der Waals surface area contributed by atoms with Gasteiger partial charge in [-0.2, -0.15) is 5.26 Å². The minimum absolute atomic E-state index is 0.198. The Morgan fingerprint density at radius 2 is 2.06 bits per heavy atom. The highest BCUT2D eigenvalue weighted by Crippen LogP contribution is 2.32. The normalized spacial score (nSPS) is 12.0. The molecule has 0 amide bonds. The Morgan fingerprint density at radius 3 is 2.44 bits per heavy atom. The van der Waals surface area contributed by atoms with Crippen molar-refractivity contribution in [3.8, 4) is 11.8 Å². The van der Waals surface area contributed by atoms with Gasteiger partial charge in [0.15, 0.2) is 5.75 Å². The van der Waals surface area contributed by atoms with E-state index in [0.717, 1.165) is 0 Å². The fraction of sp³-hybridized carbons (Fsp3) is 0.250. The van der Waals surface area contributed by atoms with Crippen LogP contribution in [0.25, 0.3) is 0 Å². The first-order valence-corrected chi connectivity index (χ1v) is 6.47. The zero-order valence-electron chi connectivity index (χ0n) is 8.62. The van der Waals surface area contributed by atoms with Crippen LogP contribution < -0.4 is 4.74 Å². The van der Waals surface area contributed by atoms with Crippen LogP contribution in [0.1, 0.15) is 11.3 Å². The molecule has 0 bridgehead atoms. The number of nitrogens with zero attached hydrogens (tertiary/aromatic N) is 2. The number of hydrogen-bond acceptors (Lipinski definition) is 5. The average Bonchev–Trinajstić information content (AvgIpc) is 2.16. The highest BCUT2D eigenvalue weighted by atomic mass is 35.7. The van der Waals surface area contributed by atoms with Crippen molar-refractivity contribution in [2.24, 2.45) is 0 Å². The molecule has 1 heterocycles. The number of rotatable bonds is 2. The fourth-order valence-electron chi connectivity index (χ4n) is 1.18. The van der Waals surface area contributed by atoms with Gasteiger partial charge in [0.05, 0.1) is 11.9 Å². The van der Waals surface area contributed by atoms with Gasteiger partial charge in [-0.05, 0) is 6.92 Å². The van der Waals surface area contributed by atoms with Crippen molar-refractivity contribution in [3.63, 3.8) is 0 Å². The summed E-state index contributed by atoms with van der Waals surface area (Å²) in [6, 6.07) is 1.31. The number of pyridine rings is 1. The topological polar surface area (TPSA) is 80.0 Å². The average molecular weight is 301 g/mol. The van der Waals surface area contributed by atoms with Crippen LogP contribution in [0.15, 0.2) is 11.1 Å². The second kappa shape index (κ2) is 4.62. The summed E-state index contributed by atoms with van der Waals surface area (Å²) in [5.74, 6) is -1.02. The summed E-state index contributed by atoms with van der Waals surface area (Å²) in [5, 5.41) is 8.74. The van der Waals surface area contributed by atoms with Crippen LogP contribution in [0.4, 0.5) is 13.2 Å². The molecule has 1 aromatic rings. The van der Waals surface area contributed by atoms with Crippen LogP contribution >= 0.6 is 10.7 Å². The molecule has 0 aliphatic heterocycles. The van der Waals surface area contributed by atoms with Gasteiger partial charge in [0, 0.05) is 10.7 Å². The van der Waals surface area contributed by atoms with E-state index in [1.54, 1.807) is 0 Å². The van der Waals surface area contributed by atoms with Crippen LogP contribution in [-0.2, 0) is 9.05 Å². The summed E-state index contributed by atoms with van der Waals surface area (Å²) in [6.07, 6.45) is -4.47. The Hall–Kier alpha value is -1.53. The third-order valence-corrected chi connectivity index (χ3v) is 3.21. The van der Waals surface area contributed by atoms with Crippen molar-refractivity contribution in [1.82, 2.24) is 4.98 Å². The minimum Gasteiger partial charge on any atom is -0.403 e. The molecular formula is C8H4ClF3N2O3S. The quantitative estimate of drug-likeness (QED) is 0.781. The van der Waals surface area contributed by atoms with Crippen LogP contribution in [0.3, 0.4) is 0 Å². The Balaban J connectivity index is 3.56. The Bertz CT molecular complexity index is 622. The number of nitriles is 1. The van der Waals surface area contributed by atoms with Crippen molar-refractivity contribution in [1.29, 1.82) is 5.26 Å². The van der Waals surface area contributed by atoms with Crippen LogP contribution in [-0.4, -0.2) is 19.8 Å².